The molecule has 0 aliphatic rings. The molecule has 0 aromatic carbocycles. The monoisotopic (exact) mass is 276 g/mol. The summed E-state index contributed by atoms with van der Waals surface area (Å²) in [6, 6.07) is 1.87. The highest BCUT2D eigenvalue weighted by Crippen LogP contribution is 2.28. The van der Waals surface area contributed by atoms with Gasteiger partial charge in [-0.05, 0) is 48.1 Å². The van der Waals surface area contributed by atoms with Crippen LogP contribution in [0.15, 0.2) is 15.9 Å². The van der Waals surface area contributed by atoms with Gasteiger partial charge in [-0.3, -0.25) is 4.79 Å². The molecule has 4 heteroatoms. The van der Waals surface area contributed by atoms with E-state index in [0.717, 1.165) is 9.35 Å². The van der Waals surface area contributed by atoms with Crippen LogP contribution in [0.25, 0.3) is 0 Å². The Bertz CT molecular complexity index is 331. The molecule has 0 spiro atoms. The molecule has 0 saturated carbocycles. The number of halogens is 1. The summed E-state index contributed by atoms with van der Waals surface area (Å²) in [5.74, 6) is 0.0289. The van der Waals surface area contributed by atoms with Crippen LogP contribution in [0.1, 0.15) is 30.4 Å². The Morgan fingerprint density at radius 1 is 1.64 bits per heavy atom. The van der Waals surface area contributed by atoms with Gasteiger partial charge in [-0.2, -0.15) is 0 Å². The lowest BCUT2D eigenvalue weighted by molar-refractivity contribution is 0.00153. The highest BCUT2D eigenvalue weighted by molar-refractivity contribution is 9.10. The lowest BCUT2D eigenvalue weighted by Crippen LogP contribution is -2.34. The van der Waals surface area contributed by atoms with E-state index in [0.29, 0.717) is 6.61 Å². The van der Waals surface area contributed by atoms with E-state index in [4.69, 9.17) is 4.74 Å². The lowest BCUT2D eigenvalue weighted by Gasteiger charge is -2.22. The zero-order chi connectivity index (χ0) is 10.8. The number of hydrogen-bond donors (Lipinski definition) is 0. The molecule has 0 fully saturated rings. The standard InChI is InChI=1S/C10H13BrO2S/c1-4-13-10(2,3)9(12)8-7(11)5-6-14-8/h5-6H,4H2,1-3H3. The second kappa shape index (κ2) is 4.55. The molecule has 0 aliphatic heterocycles. The third kappa shape index (κ3) is 2.43. The molecule has 0 atom stereocenters. The number of Topliss-reactive ketones (excluding diaryl/α,β-unsaturated/α-hetero) is 1. The molecular weight excluding hydrogens is 264 g/mol. The lowest BCUT2D eigenvalue weighted by atomic mass is 10.0. The Labute approximate surface area is 96.4 Å². The first-order valence-corrected chi connectivity index (χ1v) is 6.08. The largest absolute Gasteiger partial charge is 0.368 e. The second-order valence-corrected chi connectivity index (χ2v) is 5.14. The van der Waals surface area contributed by atoms with Crippen molar-refractivity contribution in [1.82, 2.24) is 0 Å². The van der Waals surface area contributed by atoms with Gasteiger partial charge in [0.2, 0.25) is 5.78 Å². The average molecular weight is 277 g/mol. The summed E-state index contributed by atoms with van der Waals surface area (Å²) < 4.78 is 6.25. The molecule has 0 amide bonds. The Kier molecular flexibility index (Phi) is 3.86. The molecule has 78 valence electrons. The Morgan fingerprint density at radius 2 is 2.29 bits per heavy atom. The molecule has 0 unspecified atom stereocenters. The number of thiophene rings is 1. The summed E-state index contributed by atoms with van der Waals surface area (Å²) in [4.78, 5) is 12.7. The van der Waals surface area contributed by atoms with Crippen molar-refractivity contribution < 1.29 is 9.53 Å². The fourth-order valence-electron chi connectivity index (χ4n) is 1.16. The molecule has 0 N–H and O–H groups in total. The van der Waals surface area contributed by atoms with Crippen molar-refractivity contribution in [3.8, 4) is 0 Å². The number of rotatable bonds is 4. The van der Waals surface area contributed by atoms with Gasteiger partial charge in [0.1, 0.15) is 5.60 Å². The van der Waals surface area contributed by atoms with Crippen molar-refractivity contribution in [3.05, 3.63) is 20.8 Å². The highest BCUT2D eigenvalue weighted by Gasteiger charge is 2.31. The maximum Gasteiger partial charge on any atom is 0.205 e. The van der Waals surface area contributed by atoms with Crippen LogP contribution in [0.4, 0.5) is 0 Å². The number of ether oxygens (including phenoxy) is 1. The predicted molar refractivity (Wildman–Crippen MR) is 62.1 cm³/mol. The third-order valence-corrected chi connectivity index (χ3v) is 3.71. The quantitative estimate of drug-likeness (QED) is 0.787. The van der Waals surface area contributed by atoms with Gasteiger partial charge in [0.15, 0.2) is 0 Å². The van der Waals surface area contributed by atoms with Gasteiger partial charge in [-0.25, -0.2) is 0 Å². The van der Waals surface area contributed by atoms with Gasteiger partial charge < -0.3 is 4.74 Å². The van der Waals surface area contributed by atoms with E-state index in [2.05, 4.69) is 15.9 Å². The van der Waals surface area contributed by atoms with Crippen molar-refractivity contribution in [2.24, 2.45) is 0 Å². The molecule has 0 radical (unpaired) electrons. The van der Waals surface area contributed by atoms with Crippen LogP contribution >= 0.6 is 27.3 Å². The molecule has 1 aromatic heterocycles. The van der Waals surface area contributed by atoms with Gasteiger partial charge in [-0.1, -0.05) is 0 Å². The summed E-state index contributed by atoms with van der Waals surface area (Å²) in [5.41, 5.74) is -0.734. The van der Waals surface area contributed by atoms with Crippen LogP contribution in [0, 0.1) is 0 Å². The van der Waals surface area contributed by atoms with Crippen LogP contribution in [0.3, 0.4) is 0 Å². The number of ketones is 1. The average Bonchev–Trinajstić information content (AvgIpc) is 2.50. The van der Waals surface area contributed by atoms with Crippen LogP contribution in [0.2, 0.25) is 0 Å². The summed E-state index contributed by atoms with van der Waals surface area (Å²) in [5, 5.41) is 1.89. The van der Waals surface area contributed by atoms with Gasteiger partial charge in [0.25, 0.3) is 0 Å². The van der Waals surface area contributed by atoms with E-state index in [1.165, 1.54) is 11.3 Å². The van der Waals surface area contributed by atoms with E-state index in [9.17, 15) is 4.79 Å². The van der Waals surface area contributed by atoms with Crippen molar-refractivity contribution in [2.75, 3.05) is 6.61 Å². The molecule has 1 rings (SSSR count). The Hall–Kier alpha value is -0.190. The van der Waals surface area contributed by atoms with E-state index < -0.39 is 5.60 Å². The normalized spacial score (nSPS) is 11.7. The predicted octanol–water partition coefficient (Wildman–Crippen LogP) is 3.51. The van der Waals surface area contributed by atoms with E-state index in [1.807, 2.05) is 18.4 Å². The van der Waals surface area contributed by atoms with Crippen molar-refractivity contribution >= 4 is 33.0 Å². The zero-order valence-electron chi connectivity index (χ0n) is 8.46. The van der Waals surface area contributed by atoms with Crippen LogP contribution < -0.4 is 0 Å². The van der Waals surface area contributed by atoms with Crippen LogP contribution in [0.5, 0.6) is 0 Å². The molecule has 2 nitrogen and oxygen atoms in total. The van der Waals surface area contributed by atoms with Gasteiger partial charge in [0.05, 0.1) is 4.88 Å². The summed E-state index contributed by atoms with van der Waals surface area (Å²) in [7, 11) is 0. The number of carbonyl (C=O) groups excluding carboxylic acids is 1. The third-order valence-electron chi connectivity index (χ3n) is 1.88. The highest BCUT2D eigenvalue weighted by atomic mass is 79.9. The minimum Gasteiger partial charge on any atom is -0.368 e. The summed E-state index contributed by atoms with van der Waals surface area (Å²) in [6.07, 6.45) is 0. The maximum absolute atomic E-state index is 12.0. The smallest absolute Gasteiger partial charge is 0.205 e. The fraction of sp³-hybridized carbons (Fsp3) is 0.500. The summed E-state index contributed by atoms with van der Waals surface area (Å²) in [6.45, 7) is 6.02. The Balaban J connectivity index is 2.90. The minimum atomic E-state index is -0.734. The molecule has 0 aliphatic carbocycles. The van der Waals surface area contributed by atoms with E-state index >= 15 is 0 Å². The number of carbonyl (C=O) groups is 1. The molecular formula is C10H13BrO2S. The van der Waals surface area contributed by atoms with Crippen LogP contribution in [-0.4, -0.2) is 18.0 Å². The molecule has 1 heterocycles. The molecule has 0 bridgehead atoms. The van der Waals surface area contributed by atoms with Crippen LogP contribution in [-0.2, 0) is 4.74 Å². The second-order valence-electron chi connectivity index (χ2n) is 3.37. The maximum atomic E-state index is 12.0. The van der Waals surface area contributed by atoms with Gasteiger partial charge in [0, 0.05) is 11.1 Å². The summed E-state index contributed by atoms with van der Waals surface area (Å²) >= 11 is 4.78. The molecule has 0 saturated heterocycles. The fourth-order valence-corrected chi connectivity index (χ4v) is 2.80. The van der Waals surface area contributed by atoms with E-state index in [-0.39, 0.29) is 5.78 Å². The van der Waals surface area contributed by atoms with Crippen molar-refractivity contribution in [2.45, 2.75) is 26.4 Å². The minimum absolute atomic E-state index is 0.0289. The first-order chi connectivity index (χ1) is 6.49. The first kappa shape index (κ1) is 11.9. The van der Waals surface area contributed by atoms with Gasteiger partial charge >= 0.3 is 0 Å². The van der Waals surface area contributed by atoms with E-state index in [1.54, 1.807) is 13.8 Å². The molecule has 1 aromatic rings. The number of hydrogen-bond acceptors (Lipinski definition) is 3. The van der Waals surface area contributed by atoms with Crippen molar-refractivity contribution in [3.63, 3.8) is 0 Å². The van der Waals surface area contributed by atoms with Gasteiger partial charge in [-0.15, -0.1) is 11.3 Å². The zero-order valence-corrected chi connectivity index (χ0v) is 10.9. The topological polar surface area (TPSA) is 26.3 Å². The Morgan fingerprint density at radius 3 is 2.71 bits per heavy atom. The first-order valence-electron chi connectivity index (χ1n) is 4.40. The SMILES string of the molecule is CCOC(C)(C)C(=O)c1sccc1Br. The molecule has 14 heavy (non-hydrogen) atoms. The van der Waals surface area contributed by atoms with Crippen molar-refractivity contribution in [1.29, 1.82) is 0 Å².